The Morgan fingerprint density at radius 2 is 1.79 bits per heavy atom. The zero-order chi connectivity index (χ0) is 20.5. The molecule has 0 fully saturated rings. The molecule has 2 aromatic rings. The van der Waals surface area contributed by atoms with Crippen LogP contribution in [0.5, 0.6) is 11.5 Å². The highest BCUT2D eigenvalue weighted by Gasteiger charge is 2.14. The van der Waals surface area contributed by atoms with Crippen LogP contribution < -0.4 is 9.47 Å². The number of methoxy groups -OCH3 is 3. The lowest BCUT2D eigenvalue weighted by molar-refractivity contribution is -0.135. The molecule has 0 spiro atoms. The van der Waals surface area contributed by atoms with E-state index < -0.39 is 11.9 Å². The summed E-state index contributed by atoms with van der Waals surface area (Å²) in [7, 11) is 4.03. The van der Waals surface area contributed by atoms with Crippen LogP contribution in [0.15, 0.2) is 48.0 Å². The number of hydrogen-bond donors (Lipinski definition) is 0. The highest BCUT2D eigenvalue weighted by Crippen LogP contribution is 2.25. The molecule has 0 aliphatic rings. The fraction of sp³-hybridized carbons (Fsp3) is 0.190. The first-order valence-electron chi connectivity index (χ1n) is 8.21. The van der Waals surface area contributed by atoms with Gasteiger partial charge < -0.3 is 18.9 Å². The molecule has 0 heterocycles. The number of nitrogens with zero attached hydrogens (tertiary/aromatic N) is 1. The van der Waals surface area contributed by atoms with Crippen LogP contribution in [0.2, 0.25) is 0 Å². The van der Waals surface area contributed by atoms with Crippen molar-refractivity contribution < 1.29 is 28.5 Å². The molecule has 2 aromatic carbocycles. The number of esters is 2. The van der Waals surface area contributed by atoms with Crippen molar-refractivity contribution in [3.05, 3.63) is 64.7 Å². The fourth-order valence-corrected chi connectivity index (χ4v) is 2.44. The normalized spacial score (nSPS) is 10.6. The molecule has 28 heavy (non-hydrogen) atoms. The number of carbonyl (C=O) groups excluding carboxylic acids is 2. The first-order valence-corrected chi connectivity index (χ1v) is 8.21. The lowest BCUT2D eigenvalue weighted by Gasteiger charge is -2.13. The molecule has 144 valence electrons. The minimum atomic E-state index is -0.719. The summed E-state index contributed by atoms with van der Waals surface area (Å²) in [6, 6.07) is 13.6. The maximum absolute atomic E-state index is 11.9. The highest BCUT2D eigenvalue weighted by atomic mass is 16.5. The average molecular weight is 381 g/mol. The number of hydrogen-bond acceptors (Lipinski definition) is 7. The number of rotatable bonds is 7. The van der Waals surface area contributed by atoms with Gasteiger partial charge in [-0.3, -0.25) is 0 Å². The number of nitriles is 1. The van der Waals surface area contributed by atoms with Crippen LogP contribution in [0, 0.1) is 11.3 Å². The van der Waals surface area contributed by atoms with E-state index in [0.29, 0.717) is 28.2 Å². The predicted octanol–water partition coefficient (Wildman–Crippen LogP) is 3.14. The first-order chi connectivity index (χ1) is 13.5. The predicted molar refractivity (Wildman–Crippen MR) is 101 cm³/mol. The largest absolute Gasteiger partial charge is 0.496 e. The van der Waals surface area contributed by atoms with E-state index in [1.807, 2.05) is 0 Å². The van der Waals surface area contributed by atoms with Gasteiger partial charge in [-0.2, -0.15) is 5.26 Å². The summed E-state index contributed by atoms with van der Waals surface area (Å²) in [4.78, 5) is 23.5. The zero-order valence-corrected chi connectivity index (χ0v) is 15.7. The third kappa shape index (κ3) is 4.89. The number of ether oxygens (including phenoxy) is 4. The van der Waals surface area contributed by atoms with Crippen LogP contribution in [0.1, 0.15) is 21.5 Å². The first kappa shape index (κ1) is 20.5. The van der Waals surface area contributed by atoms with Crippen LogP contribution >= 0.6 is 0 Å². The number of carbonyl (C=O) groups is 2. The smallest absolute Gasteiger partial charge is 0.348 e. The van der Waals surface area contributed by atoms with Gasteiger partial charge in [0.15, 0.2) is 0 Å². The van der Waals surface area contributed by atoms with Crippen LogP contribution in [0.25, 0.3) is 6.08 Å². The minimum absolute atomic E-state index is 0.0962. The highest BCUT2D eigenvalue weighted by molar-refractivity contribution is 5.97. The summed E-state index contributed by atoms with van der Waals surface area (Å²) in [6.45, 7) is 0.0962. The van der Waals surface area contributed by atoms with E-state index in [1.165, 1.54) is 27.4 Å². The lowest BCUT2D eigenvalue weighted by Crippen LogP contribution is -2.06. The van der Waals surface area contributed by atoms with Crippen molar-refractivity contribution in [3.63, 3.8) is 0 Å². The van der Waals surface area contributed by atoms with E-state index in [1.54, 1.807) is 48.5 Å². The Morgan fingerprint density at radius 3 is 2.43 bits per heavy atom. The van der Waals surface area contributed by atoms with Crippen molar-refractivity contribution in [2.24, 2.45) is 0 Å². The monoisotopic (exact) mass is 381 g/mol. The minimum Gasteiger partial charge on any atom is -0.496 e. The van der Waals surface area contributed by atoms with Gasteiger partial charge in [0, 0.05) is 5.56 Å². The quantitative estimate of drug-likeness (QED) is 0.413. The van der Waals surface area contributed by atoms with E-state index >= 15 is 0 Å². The second-order valence-electron chi connectivity index (χ2n) is 5.51. The molecule has 0 aliphatic carbocycles. The van der Waals surface area contributed by atoms with Gasteiger partial charge >= 0.3 is 11.9 Å². The average Bonchev–Trinajstić information content (AvgIpc) is 2.75. The van der Waals surface area contributed by atoms with Crippen molar-refractivity contribution >= 4 is 18.0 Å². The molecule has 0 saturated carbocycles. The van der Waals surface area contributed by atoms with Gasteiger partial charge in [-0.25, -0.2) is 9.59 Å². The van der Waals surface area contributed by atoms with Gasteiger partial charge in [0.05, 0.1) is 21.3 Å². The van der Waals surface area contributed by atoms with Gasteiger partial charge in [-0.05, 0) is 35.9 Å². The number of para-hydroxylation sites is 1. The van der Waals surface area contributed by atoms with Crippen LogP contribution in [0.4, 0.5) is 0 Å². The van der Waals surface area contributed by atoms with Crippen molar-refractivity contribution in [3.8, 4) is 17.6 Å². The van der Waals surface area contributed by atoms with E-state index in [0.717, 1.165) is 0 Å². The molecule has 7 heteroatoms. The van der Waals surface area contributed by atoms with Crippen molar-refractivity contribution in [2.75, 3.05) is 21.3 Å². The standard InChI is InChI=1S/C21H19NO6/c1-25-18-9-8-14(10-15(12-22)20(23)26-2)11-16(18)13-28-19-7-5-4-6-17(19)21(24)27-3/h4-11H,13H2,1-3H3/b15-10+. The second kappa shape index (κ2) is 9.78. The Hall–Kier alpha value is -3.79. The molecule has 0 aliphatic heterocycles. The summed E-state index contributed by atoms with van der Waals surface area (Å²) in [5, 5.41) is 9.10. The molecule has 0 N–H and O–H groups in total. The van der Waals surface area contributed by atoms with E-state index in [4.69, 9.17) is 19.5 Å². The summed E-state index contributed by atoms with van der Waals surface area (Å²) < 4.78 is 20.5. The fourth-order valence-electron chi connectivity index (χ4n) is 2.44. The Morgan fingerprint density at radius 1 is 1.04 bits per heavy atom. The lowest BCUT2D eigenvalue weighted by atomic mass is 10.1. The van der Waals surface area contributed by atoms with Crippen LogP contribution in [-0.4, -0.2) is 33.3 Å². The molecule has 0 aromatic heterocycles. The maximum Gasteiger partial charge on any atom is 0.348 e. The van der Waals surface area contributed by atoms with E-state index in [2.05, 4.69) is 4.74 Å². The summed E-state index contributed by atoms with van der Waals surface area (Å²) >= 11 is 0. The van der Waals surface area contributed by atoms with E-state index in [-0.39, 0.29) is 12.2 Å². The zero-order valence-electron chi connectivity index (χ0n) is 15.7. The molecule has 0 amide bonds. The Bertz CT molecular complexity index is 942. The van der Waals surface area contributed by atoms with Crippen molar-refractivity contribution in [1.29, 1.82) is 5.26 Å². The van der Waals surface area contributed by atoms with Crippen molar-refractivity contribution in [2.45, 2.75) is 6.61 Å². The van der Waals surface area contributed by atoms with Crippen LogP contribution in [0.3, 0.4) is 0 Å². The van der Waals surface area contributed by atoms with Gasteiger partial charge in [0.1, 0.15) is 35.3 Å². The molecule has 0 bridgehead atoms. The summed E-state index contributed by atoms with van der Waals surface area (Å²) in [5.74, 6) is -0.298. The van der Waals surface area contributed by atoms with Gasteiger partial charge in [0.25, 0.3) is 0 Å². The molecule has 2 rings (SSSR count). The molecule has 0 saturated heterocycles. The summed E-state index contributed by atoms with van der Waals surface area (Å²) in [5.41, 5.74) is 1.44. The molecular weight excluding hydrogens is 362 g/mol. The summed E-state index contributed by atoms with van der Waals surface area (Å²) in [6.07, 6.45) is 1.41. The third-order valence-electron chi connectivity index (χ3n) is 3.82. The number of benzene rings is 2. The molecule has 0 unspecified atom stereocenters. The topological polar surface area (TPSA) is 94.9 Å². The second-order valence-corrected chi connectivity index (χ2v) is 5.51. The molecule has 7 nitrogen and oxygen atoms in total. The molecule has 0 radical (unpaired) electrons. The Kier molecular flexibility index (Phi) is 7.17. The molecule has 0 atom stereocenters. The van der Waals surface area contributed by atoms with Crippen molar-refractivity contribution in [1.82, 2.24) is 0 Å². The van der Waals surface area contributed by atoms with Crippen LogP contribution in [-0.2, 0) is 20.9 Å². The van der Waals surface area contributed by atoms with Gasteiger partial charge in [-0.15, -0.1) is 0 Å². The Labute approximate surface area is 162 Å². The SMILES string of the molecule is COC(=O)/C(C#N)=C/c1ccc(OC)c(COc2ccccc2C(=O)OC)c1. The van der Waals surface area contributed by atoms with Gasteiger partial charge in [-0.1, -0.05) is 18.2 Å². The Balaban J connectivity index is 2.31. The third-order valence-corrected chi connectivity index (χ3v) is 3.82. The molecular formula is C21H19NO6. The maximum atomic E-state index is 11.9. The van der Waals surface area contributed by atoms with E-state index in [9.17, 15) is 9.59 Å². The van der Waals surface area contributed by atoms with Gasteiger partial charge in [0.2, 0.25) is 0 Å².